The van der Waals surface area contributed by atoms with Gasteiger partial charge in [0.1, 0.15) is 5.75 Å². The zero-order valence-corrected chi connectivity index (χ0v) is 13.6. The summed E-state index contributed by atoms with van der Waals surface area (Å²) in [7, 11) is 1.72. The average molecular weight is 334 g/mol. The van der Waals surface area contributed by atoms with Crippen LogP contribution in [0, 0.1) is 0 Å². The molecule has 130 valence electrons. The summed E-state index contributed by atoms with van der Waals surface area (Å²) >= 11 is 0. The largest absolute Gasteiger partial charge is 0.497 e. The number of carbonyl (C=O) groups is 2. The molecule has 1 fully saturated rings. The number of aliphatic carboxylic acids is 2. The molecule has 3 N–H and O–H groups in total. The molecule has 24 heavy (non-hydrogen) atoms. The second-order valence-corrected chi connectivity index (χ2v) is 5.63. The molecule has 0 bridgehead atoms. The second-order valence-electron chi connectivity index (χ2n) is 5.63. The Bertz CT molecular complexity index is 692. The Labute approximate surface area is 139 Å². The van der Waals surface area contributed by atoms with Crippen LogP contribution in [0.5, 0.6) is 5.75 Å². The van der Waals surface area contributed by atoms with Crippen molar-refractivity contribution in [2.75, 3.05) is 26.7 Å². The summed E-state index contributed by atoms with van der Waals surface area (Å²) < 4.78 is 5.30. The van der Waals surface area contributed by atoms with Crippen LogP contribution in [-0.2, 0) is 16.0 Å². The standard InChI is InChI=1S/C15H20N2O.C2H2O4/c1-18-13-4-5-15-14(10-13)12(11-16-15)6-9-17-7-2-3-8-17;3-1(4)2(5)6/h4-5,10-11,16H,2-3,6-9H2,1H3;(H,3,4)(H,5,6). The Morgan fingerprint density at radius 1 is 1.21 bits per heavy atom. The maximum Gasteiger partial charge on any atom is 0.414 e. The van der Waals surface area contributed by atoms with Gasteiger partial charge in [-0.1, -0.05) is 0 Å². The van der Waals surface area contributed by atoms with Gasteiger partial charge < -0.3 is 24.8 Å². The molecule has 2 aromatic rings. The number of carboxylic acid groups (broad SMARTS) is 2. The molecule has 0 radical (unpaired) electrons. The number of ether oxygens (including phenoxy) is 1. The molecule has 0 saturated carbocycles. The number of likely N-dealkylation sites (tertiary alicyclic amines) is 1. The number of hydrogen-bond acceptors (Lipinski definition) is 4. The van der Waals surface area contributed by atoms with E-state index in [9.17, 15) is 0 Å². The van der Waals surface area contributed by atoms with E-state index in [1.165, 1.54) is 48.9 Å². The molecule has 1 aliphatic heterocycles. The molecule has 1 saturated heterocycles. The SMILES string of the molecule is COc1ccc2[nH]cc(CCN3CCCC3)c2c1.O=C(O)C(=O)O. The topological polar surface area (TPSA) is 103 Å². The van der Waals surface area contributed by atoms with Crippen LogP contribution in [0.15, 0.2) is 24.4 Å². The van der Waals surface area contributed by atoms with Crippen LogP contribution in [0.4, 0.5) is 0 Å². The number of fused-ring (bicyclic) bond motifs is 1. The first-order chi connectivity index (χ1) is 11.5. The maximum atomic E-state index is 9.10. The van der Waals surface area contributed by atoms with Gasteiger partial charge in [0.2, 0.25) is 0 Å². The zero-order valence-electron chi connectivity index (χ0n) is 13.6. The van der Waals surface area contributed by atoms with Crippen LogP contribution in [0.25, 0.3) is 10.9 Å². The summed E-state index contributed by atoms with van der Waals surface area (Å²) in [6.45, 7) is 3.71. The van der Waals surface area contributed by atoms with Gasteiger partial charge in [-0.15, -0.1) is 0 Å². The highest BCUT2D eigenvalue weighted by Gasteiger charge is 2.12. The molecule has 7 nitrogen and oxygen atoms in total. The smallest absolute Gasteiger partial charge is 0.414 e. The molecule has 0 spiro atoms. The monoisotopic (exact) mass is 334 g/mol. The van der Waals surface area contributed by atoms with Gasteiger partial charge in [-0.3, -0.25) is 0 Å². The van der Waals surface area contributed by atoms with E-state index >= 15 is 0 Å². The van der Waals surface area contributed by atoms with Crippen molar-refractivity contribution in [1.82, 2.24) is 9.88 Å². The fourth-order valence-electron chi connectivity index (χ4n) is 2.78. The van der Waals surface area contributed by atoms with Gasteiger partial charge in [0.05, 0.1) is 7.11 Å². The Balaban J connectivity index is 0.000000301. The highest BCUT2D eigenvalue weighted by molar-refractivity contribution is 6.27. The molecule has 0 atom stereocenters. The maximum absolute atomic E-state index is 9.10. The van der Waals surface area contributed by atoms with Gasteiger partial charge in [-0.2, -0.15) is 0 Å². The van der Waals surface area contributed by atoms with Crippen molar-refractivity contribution in [3.63, 3.8) is 0 Å². The molecule has 0 amide bonds. The van der Waals surface area contributed by atoms with Crippen LogP contribution in [-0.4, -0.2) is 58.8 Å². The molecule has 0 aliphatic carbocycles. The highest BCUT2D eigenvalue weighted by Crippen LogP contribution is 2.24. The number of nitrogens with one attached hydrogen (secondary N) is 1. The lowest BCUT2D eigenvalue weighted by molar-refractivity contribution is -0.159. The molecule has 1 aromatic carbocycles. The first kappa shape index (κ1) is 17.8. The number of nitrogens with zero attached hydrogens (tertiary/aromatic N) is 1. The Morgan fingerprint density at radius 2 is 1.88 bits per heavy atom. The highest BCUT2D eigenvalue weighted by atomic mass is 16.5. The number of aromatic nitrogens is 1. The zero-order chi connectivity index (χ0) is 17.5. The first-order valence-corrected chi connectivity index (χ1v) is 7.84. The van der Waals surface area contributed by atoms with Crippen molar-refractivity contribution in [3.05, 3.63) is 30.0 Å². The third-order valence-electron chi connectivity index (χ3n) is 4.05. The van der Waals surface area contributed by atoms with E-state index in [1.807, 2.05) is 6.07 Å². The molecule has 3 rings (SSSR count). The summed E-state index contributed by atoms with van der Waals surface area (Å²) in [6, 6.07) is 6.22. The first-order valence-electron chi connectivity index (χ1n) is 7.84. The van der Waals surface area contributed by atoms with Crippen molar-refractivity contribution in [2.24, 2.45) is 0 Å². The Morgan fingerprint density at radius 3 is 2.46 bits per heavy atom. The lowest BCUT2D eigenvalue weighted by Gasteiger charge is -2.13. The predicted molar refractivity (Wildman–Crippen MR) is 89.5 cm³/mol. The van der Waals surface area contributed by atoms with Gasteiger partial charge >= 0.3 is 11.9 Å². The van der Waals surface area contributed by atoms with Gasteiger partial charge in [0, 0.05) is 23.6 Å². The molecular weight excluding hydrogens is 312 g/mol. The van der Waals surface area contributed by atoms with Crippen LogP contribution >= 0.6 is 0 Å². The molecule has 2 heterocycles. The Kier molecular flexibility index (Phi) is 6.20. The number of benzene rings is 1. The molecule has 1 aromatic heterocycles. The summed E-state index contributed by atoms with van der Waals surface area (Å²) in [5, 5.41) is 16.1. The second kappa shape index (κ2) is 8.35. The number of carboxylic acids is 2. The fraction of sp³-hybridized carbons (Fsp3) is 0.412. The van der Waals surface area contributed by atoms with E-state index in [0.29, 0.717) is 0 Å². The summed E-state index contributed by atoms with van der Waals surface area (Å²) in [5.74, 6) is -2.71. The van der Waals surface area contributed by atoms with Crippen molar-refractivity contribution in [1.29, 1.82) is 0 Å². The van der Waals surface area contributed by atoms with E-state index in [-0.39, 0.29) is 0 Å². The molecule has 7 heteroatoms. The number of H-pyrrole nitrogens is 1. The van der Waals surface area contributed by atoms with E-state index in [1.54, 1.807) is 7.11 Å². The minimum Gasteiger partial charge on any atom is -0.497 e. The van der Waals surface area contributed by atoms with Gasteiger partial charge in [-0.05, 0) is 56.1 Å². The average Bonchev–Trinajstić information content (AvgIpc) is 3.22. The minimum absolute atomic E-state index is 0.935. The molecule has 1 aliphatic rings. The normalized spacial score (nSPS) is 14.2. The summed E-state index contributed by atoms with van der Waals surface area (Å²) in [4.78, 5) is 24.1. The third-order valence-corrected chi connectivity index (χ3v) is 4.05. The van der Waals surface area contributed by atoms with Crippen molar-refractivity contribution in [3.8, 4) is 5.75 Å². The summed E-state index contributed by atoms with van der Waals surface area (Å²) in [6.07, 6.45) is 5.98. The lowest BCUT2D eigenvalue weighted by atomic mass is 10.1. The number of methoxy groups -OCH3 is 1. The minimum atomic E-state index is -1.82. The van der Waals surface area contributed by atoms with Gasteiger partial charge in [-0.25, -0.2) is 9.59 Å². The molecular formula is C17H22N2O5. The summed E-state index contributed by atoms with van der Waals surface area (Å²) in [5.41, 5.74) is 2.60. The number of rotatable bonds is 4. The van der Waals surface area contributed by atoms with E-state index in [4.69, 9.17) is 24.5 Å². The van der Waals surface area contributed by atoms with E-state index < -0.39 is 11.9 Å². The van der Waals surface area contributed by atoms with E-state index in [0.717, 1.165) is 12.2 Å². The van der Waals surface area contributed by atoms with Crippen LogP contribution in [0.1, 0.15) is 18.4 Å². The van der Waals surface area contributed by atoms with E-state index in [2.05, 4.69) is 28.2 Å². The van der Waals surface area contributed by atoms with Crippen molar-refractivity contribution in [2.45, 2.75) is 19.3 Å². The predicted octanol–water partition coefficient (Wildman–Crippen LogP) is 1.97. The van der Waals surface area contributed by atoms with Gasteiger partial charge in [0.25, 0.3) is 0 Å². The Hall–Kier alpha value is -2.54. The van der Waals surface area contributed by atoms with Gasteiger partial charge in [0.15, 0.2) is 0 Å². The molecule has 0 unspecified atom stereocenters. The number of hydrogen-bond donors (Lipinski definition) is 3. The lowest BCUT2D eigenvalue weighted by Crippen LogP contribution is -2.21. The van der Waals surface area contributed by atoms with Crippen molar-refractivity contribution >= 4 is 22.8 Å². The van der Waals surface area contributed by atoms with Crippen LogP contribution in [0.2, 0.25) is 0 Å². The fourth-order valence-corrected chi connectivity index (χ4v) is 2.78. The quantitative estimate of drug-likeness (QED) is 0.739. The van der Waals surface area contributed by atoms with Crippen LogP contribution in [0.3, 0.4) is 0 Å². The third kappa shape index (κ3) is 4.73. The number of aromatic amines is 1. The van der Waals surface area contributed by atoms with Crippen molar-refractivity contribution < 1.29 is 24.5 Å². The van der Waals surface area contributed by atoms with Crippen LogP contribution < -0.4 is 4.74 Å².